The molecule has 8 heteroatoms. The molecule has 2 aromatic rings. The predicted octanol–water partition coefficient (Wildman–Crippen LogP) is 1.39. The number of morpholine rings is 1. The van der Waals surface area contributed by atoms with Gasteiger partial charge in [-0.15, -0.1) is 0 Å². The number of amides is 1. The van der Waals surface area contributed by atoms with Gasteiger partial charge in [-0.25, -0.2) is 9.97 Å². The summed E-state index contributed by atoms with van der Waals surface area (Å²) in [6, 6.07) is 1.89. The van der Waals surface area contributed by atoms with Crippen molar-refractivity contribution in [2.75, 3.05) is 26.8 Å². The average molecular weight is 346 g/mol. The van der Waals surface area contributed by atoms with E-state index in [1.54, 1.807) is 25.1 Å². The van der Waals surface area contributed by atoms with Gasteiger partial charge < -0.3 is 18.9 Å². The molecular weight excluding hydrogens is 324 g/mol. The number of rotatable bonds is 6. The summed E-state index contributed by atoms with van der Waals surface area (Å²) in [5.74, 6) is 0.470. The topological polar surface area (TPSA) is 90.6 Å². The number of ether oxygens (including phenoxy) is 2. The van der Waals surface area contributed by atoms with Crippen LogP contribution in [0.2, 0.25) is 0 Å². The van der Waals surface area contributed by atoms with E-state index in [2.05, 4.69) is 15.1 Å². The van der Waals surface area contributed by atoms with E-state index in [4.69, 9.17) is 14.0 Å². The summed E-state index contributed by atoms with van der Waals surface area (Å²) >= 11 is 0. The lowest BCUT2D eigenvalue weighted by molar-refractivity contribution is -0.0250. The zero-order valence-corrected chi connectivity index (χ0v) is 14.5. The molecule has 1 atom stereocenters. The van der Waals surface area contributed by atoms with Crippen LogP contribution in [0.1, 0.15) is 33.9 Å². The summed E-state index contributed by atoms with van der Waals surface area (Å²) in [5.41, 5.74) is 2.00. The average Bonchev–Trinajstić information content (AvgIpc) is 3.01. The number of aromatic nitrogens is 3. The van der Waals surface area contributed by atoms with Gasteiger partial charge in [0.25, 0.3) is 5.91 Å². The van der Waals surface area contributed by atoms with Crippen molar-refractivity contribution in [3.05, 3.63) is 41.3 Å². The summed E-state index contributed by atoms with van der Waals surface area (Å²) < 4.78 is 16.1. The third-order valence-electron chi connectivity index (χ3n) is 4.27. The van der Waals surface area contributed by atoms with Gasteiger partial charge in [0.05, 0.1) is 24.9 Å². The molecular formula is C17H22N4O4. The van der Waals surface area contributed by atoms with Crippen LogP contribution in [0.4, 0.5) is 0 Å². The zero-order chi connectivity index (χ0) is 17.6. The molecule has 1 amide bonds. The molecule has 2 aromatic heterocycles. The maximum atomic E-state index is 12.8. The monoisotopic (exact) mass is 346 g/mol. The standard InChI is InChI=1S/C17H22N4O4/c1-12-15(10-23-2)16(20-25-12)17(22)21-7-8-24-14(9-21)4-3-13-5-6-18-11-19-13/h5-6,11,14H,3-4,7-10H2,1-2H3. The zero-order valence-electron chi connectivity index (χ0n) is 14.5. The maximum absolute atomic E-state index is 12.8. The van der Waals surface area contributed by atoms with Gasteiger partial charge in [-0.3, -0.25) is 4.79 Å². The first-order chi connectivity index (χ1) is 12.2. The molecule has 1 unspecified atom stereocenters. The van der Waals surface area contributed by atoms with Crippen LogP contribution in [0, 0.1) is 6.92 Å². The Hall–Kier alpha value is -2.32. The van der Waals surface area contributed by atoms with E-state index in [0.717, 1.165) is 18.5 Å². The van der Waals surface area contributed by atoms with Crippen LogP contribution >= 0.6 is 0 Å². The van der Waals surface area contributed by atoms with Crippen LogP contribution < -0.4 is 0 Å². The predicted molar refractivity (Wildman–Crippen MR) is 87.9 cm³/mol. The van der Waals surface area contributed by atoms with Gasteiger partial charge in [-0.05, 0) is 25.8 Å². The molecule has 0 radical (unpaired) electrons. The number of nitrogens with zero attached hydrogens (tertiary/aromatic N) is 4. The van der Waals surface area contributed by atoms with Crippen molar-refractivity contribution in [3.63, 3.8) is 0 Å². The Bertz CT molecular complexity index is 704. The Labute approximate surface area is 146 Å². The first-order valence-corrected chi connectivity index (χ1v) is 8.29. The first kappa shape index (κ1) is 17.5. The normalized spacial score (nSPS) is 17.7. The molecule has 0 saturated carbocycles. The van der Waals surface area contributed by atoms with Gasteiger partial charge in [-0.2, -0.15) is 0 Å². The fourth-order valence-corrected chi connectivity index (χ4v) is 2.88. The molecule has 25 heavy (non-hydrogen) atoms. The molecule has 1 saturated heterocycles. The third-order valence-corrected chi connectivity index (χ3v) is 4.27. The summed E-state index contributed by atoms with van der Waals surface area (Å²) in [7, 11) is 1.58. The molecule has 8 nitrogen and oxygen atoms in total. The maximum Gasteiger partial charge on any atom is 0.276 e. The van der Waals surface area contributed by atoms with E-state index in [1.165, 1.54) is 6.33 Å². The molecule has 0 spiro atoms. The van der Waals surface area contributed by atoms with Gasteiger partial charge in [0.1, 0.15) is 12.1 Å². The summed E-state index contributed by atoms with van der Waals surface area (Å²) in [4.78, 5) is 22.7. The van der Waals surface area contributed by atoms with Crippen molar-refractivity contribution in [2.45, 2.75) is 32.5 Å². The fraction of sp³-hybridized carbons (Fsp3) is 0.529. The first-order valence-electron chi connectivity index (χ1n) is 8.29. The van der Waals surface area contributed by atoms with Crippen LogP contribution in [-0.2, 0) is 22.5 Å². The fourth-order valence-electron chi connectivity index (χ4n) is 2.88. The van der Waals surface area contributed by atoms with E-state index in [0.29, 0.717) is 43.3 Å². The highest BCUT2D eigenvalue weighted by Crippen LogP contribution is 2.19. The van der Waals surface area contributed by atoms with Gasteiger partial charge >= 0.3 is 0 Å². The van der Waals surface area contributed by atoms with Gasteiger partial charge in [0, 0.05) is 32.1 Å². The molecule has 0 aliphatic carbocycles. The molecule has 0 N–H and O–H groups in total. The molecule has 3 heterocycles. The number of carbonyl (C=O) groups excluding carboxylic acids is 1. The number of methoxy groups -OCH3 is 1. The largest absolute Gasteiger partial charge is 0.380 e. The van der Waals surface area contributed by atoms with Crippen molar-refractivity contribution in [3.8, 4) is 0 Å². The molecule has 134 valence electrons. The Morgan fingerprint density at radius 1 is 1.48 bits per heavy atom. The van der Waals surface area contributed by atoms with Gasteiger partial charge in [0.15, 0.2) is 5.69 Å². The van der Waals surface area contributed by atoms with Gasteiger partial charge in [0.2, 0.25) is 0 Å². The highest BCUT2D eigenvalue weighted by Gasteiger charge is 2.29. The van der Waals surface area contributed by atoms with E-state index in [-0.39, 0.29) is 12.0 Å². The quantitative estimate of drug-likeness (QED) is 0.780. The molecule has 1 aliphatic rings. The minimum Gasteiger partial charge on any atom is -0.380 e. The lowest BCUT2D eigenvalue weighted by Gasteiger charge is -2.32. The number of hydrogen-bond donors (Lipinski definition) is 0. The van der Waals surface area contributed by atoms with Crippen molar-refractivity contribution in [1.29, 1.82) is 0 Å². The van der Waals surface area contributed by atoms with Crippen LogP contribution in [0.15, 0.2) is 23.1 Å². The van der Waals surface area contributed by atoms with Crippen LogP contribution in [0.3, 0.4) is 0 Å². The van der Waals surface area contributed by atoms with E-state index in [9.17, 15) is 4.79 Å². The number of aryl methyl sites for hydroxylation is 2. The van der Waals surface area contributed by atoms with Crippen molar-refractivity contribution >= 4 is 5.91 Å². The minimum absolute atomic E-state index is 0.0217. The highest BCUT2D eigenvalue weighted by molar-refractivity contribution is 5.93. The van der Waals surface area contributed by atoms with Crippen LogP contribution in [0.5, 0.6) is 0 Å². The SMILES string of the molecule is COCc1c(C(=O)N2CCOC(CCc3ccncn3)C2)noc1C. The minimum atomic E-state index is -0.140. The van der Waals surface area contributed by atoms with Crippen molar-refractivity contribution in [2.24, 2.45) is 0 Å². The lowest BCUT2D eigenvalue weighted by atomic mass is 10.1. The van der Waals surface area contributed by atoms with E-state index < -0.39 is 0 Å². The van der Waals surface area contributed by atoms with E-state index in [1.807, 2.05) is 6.07 Å². The second kappa shape index (κ2) is 8.17. The summed E-state index contributed by atoms with van der Waals surface area (Å²) in [6.45, 7) is 3.67. The number of carbonyl (C=O) groups is 1. The smallest absolute Gasteiger partial charge is 0.276 e. The Morgan fingerprint density at radius 2 is 2.36 bits per heavy atom. The lowest BCUT2D eigenvalue weighted by Crippen LogP contribution is -2.46. The second-order valence-electron chi connectivity index (χ2n) is 5.98. The van der Waals surface area contributed by atoms with E-state index >= 15 is 0 Å². The molecule has 3 rings (SSSR count). The molecule has 0 aromatic carbocycles. The second-order valence-corrected chi connectivity index (χ2v) is 5.98. The molecule has 0 bridgehead atoms. The molecule has 1 aliphatic heterocycles. The van der Waals surface area contributed by atoms with Crippen molar-refractivity contribution < 1.29 is 18.8 Å². The highest BCUT2D eigenvalue weighted by atomic mass is 16.5. The van der Waals surface area contributed by atoms with Crippen LogP contribution in [0.25, 0.3) is 0 Å². The van der Waals surface area contributed by atoms with Crippen LogP contribution in [-0.4, -0.2) is 58.8 Å². The number of hydrogen-bond acceptors (Lipinski definition) is 7. The van der Waals surface area contributed by atoms with Crippen molar-refractivity contribution in [1.82, 2.24) is 20.0 Å². The Kier molecular flexibility index (Phi) is 5.72. The summed E-state index contributed by atoms with van der Waals surface area (Å²) in [6.07, 6.45) is 4.82. The van der Waals surface area contributed by atoms with Gasteiger partial charge in [-0.1, -0.05) is 5.16 Å². The third kappa shape index (κ3) is 4.21. The summed E-state index contributed by atoms with van der Waals surface area (Å²) in [5, 5.41) is 3.92. The molecule has 1 fully saturated rings. The Balaban J connectivity index is 1.62. The Morgan fingerprint density at radius 3 is 3.12 bits per heavy atom.